The number of hydrogen-bond donors (Lipinski definition) is 2. The zero-order valence-electron chi connectivity index (χ0n) is 10.9. The van der Waals surface area contributed by atoms with Crippen LogP contribution in [0.15, 0.2) is 18.2 Å². The number of fused-ring (bicyclic) bond motifs is 1. The first-order chi connectivity index (χ1) is 8.61. The van der Waals surface area contributed by atoms with Crippen LogP contribution in [-0.2, 0) is 4.79 Å². The molecule has 1 aromatic rings. The van der Waals surface area contributed by atoms with Gasteiger partial charge in [0.2, 0.25) is 5.91 Å². The quantitative estimate of drug-likeness (QED) is 0.861. The molecule has 4 nitrogen and oxygen atoms in total. The standard InChI is InChI=1S/C14H20N2O2/c1-9(2)11(8-15)10-3-4-13-12(7-10)16-14(17)5-6-18-13/h3-4,7,9,11H,5-6,8,15H2,1-2H3,(H,16,17). The molecule has 0 spiro atoms. The van der Waals surface area contributed by atoms with Crippen LogP contribution in [0.4, 0.5) is 5.69 Å². The molecule has 3 N–H and O–H groups in total. The third-order valence-electron chi connectivity index (χ3n) is 3.35. The summed E-state index contributed by atoms with van der Waals surface area (Å²) >= 11 is 0. The lowest BCUT2D eigenvalue weighted by Gasteiger charge is -2.20. The Bertz CT molecular complexity index is 443. The molecule has 1 aromatic carbocycles. The minimum atomic E-state index is -0.000236. The molecule has 0 fully saturated rings. The van der Waals surface area contributed by atoms with Crippen LogP contribution < -0.4 is 15.8 Å². The highest BCUT2D eigenvalue weighted by Gasteiger charge is 2.18. The number of rotatable bonds is 3. The second-order valence-corrected chi connectivity index (χ2v) is 4.99. The van der Waals surface area contributed by atoms with Crippen LogP contribution >= 0.6 is 0 Å². The van der Waals surface area contributed by atoms with E-state index in [0.717, 1.165) is 17.0 Å². The summed E-state index contributed by atoms with van der Waals surface area (Å²) in [5.41, 5.74) is 7.73. The van der Waals surface area contributed by atoms with Crippen LogP contribution in [0.25, 0.3) is 0 Å². The van der Waals surface area contributed by atoms with Gasteiger partial charge in [0, 0.05) is 0 Å². The molecule has 1 amide bonds. The minimum absolute atomic E-state index is 0.000236. The Morgan fingerprint density at radius 2 is 2.22 bits per heavy atom. The van der Waals surface area contributed by atoms with Gasteiger partial charge in [0.05, 0.1) is 18.7 Å². The Labute approximate surface area is 108 Å². The molecular formula is C14H20N2O2. The molecule has 0 saturated heterocycles. The number of benzene rings is 1. The second-order valence-electron chi connectivity index (χ2n) is 4.99. The summed E-state index contributed by atoms with van der Waals surface area (Å²) in [5.74, 6) is 1.51. The highest BCUT2D eigenvalue weighted by Crippen LogP contribution is 2.32. The van der Waals surface area contributed by atoms with Gasteiger partial charge in [-0.1, -0.05) is 19.9 Å². The summed E-state index contributed by atoms with van der Waals surface area (Å²) in [4.78, 5) is 11.5. The maximum absolute atomic E-state index is 11.5. The molecule has 1 aliphatic rings. The predicted molar refractivity (Wildman–Crippen MR) is 71.8 cm³/mol. The molecule has 0 saturated carbocycles. The van der Waals surface area contributed by atoms with E-state index in [-0.39, 0.29) is 5.91 Å². The summed E-state index contributed by atoms with van der Waals surface area (Å²) in [5, 5.41) is 2.88. The van der Waals surface area contributed by atoms with E-state index in [1.165, 1.54) is 0 Å². The summed E-state index contributed by atoms with van der Waals surface area (Å²) < 4.78 is 5.53. The molecule has 0 aliphatic carbocycles. The third kappa shape index (κ3) is 2.64. The van der Waals surface area contributed by atoms with Crippen molar-refractivity contribution in [3.63, 3.8) is 0 Å². The van der Waals surface area contributed by atoms with Gasteiger partial charge in [-0.05, 0) is 36.1 Å². The fraction of sp³-hybridized carbons (Fsp3) is 0.500. The lowest BCUT2D eigenvalue weighted by Crippen LogP contribution is -2.18. The molecule has 0 aromatic heterocycles. The highest BCUT2D eigenvalue weighted by molar-refractivity contribution is 5.93. The molecule has 1 unspecified atom stereocenters. The molecule has 1 atom stereocenters. The van der Waals surface area contributed by atoms with Gasteiger partial charge in [-0.25, -0.2) is 0 Å². The van der Waals surface area contributed by atoms with E-state index >= 15 is 0 Å². The van der Waals surface area contributed by atoms with Gasteiger partial charge in [0.1, 0.15) is 5.75 Å². The van der Waals surface area contributed by atoms with Crippen molar-refractivity contribution in [1.29, 1.82) is 0 Å². The first-order valence-electron chi connectivity index (χ1n) is 6.38. The van der Waals surface area contributed by atoms with Gasteiger partial charge in [0.25, 0.3) is 0 Å². The number of anilines is 1. The van der Waals surface area contributed by atoms with Gasteiger partial charge in [-0.15, -0.1) is 0 Å². The predicted octanol–water partition coefficient (Wildman–Crippen LogP) is 2.11. The minimum Gasteiger partial charge on any atom is -0.491 e. The van der Waals surface area contributed by atoms with Crippen LogP contribution in [0.1, 0.15) is 31.7 Å². The highest BCUT2D eigenvalue weighted by atomic mass is 16.5. The van der Waals surface area contributed by atoms with Crippen LogP contribution in [0, 0.1) is 5.92 Å². The van der Waals surface area contributed by atoms with Gasteiger partial charge < -0.3 is 15.8 Å². The molecule has 4 heteroatoms. The summed E-state index contributed by atoms with van der Waals surface area (Å²) in [6.07, 6.45) is 0.397. The Balaban J connectivity index is 2.33. The van der Waals surface area contributed by atoms with Gasteiger partial charge >= 0.3 is 0 Å². The smallest absolute Gasteiger partial charge is 0.227 e. The number of amides is 1. The fourth-order valence-corrected chi connectivity index (χ4v) is 2.26. The molecular weight excluding hydrogens is 228 g/mol. The molecule has 1 aliphatic heterocycles. The van der Waals surface area contributed by atoms with Crippen molar-refractivity contribution in [3.8, 4) is 5.75 Å². The summed E-state index contributed by atoms with van der Waals surface area (Å²) in [7, 11) is 0. The average molecular weight is 248 g/mol. The first-order valence-corrected chi connectivity index (χ1v) is 6.38. The number of ether oxygens (including phenoxy) is 1. The fourth-order valence-electron chi connectivity index (χ4n) is 2.26. The number of nitrogens with one attached hydrogen (secondary N) is 1. The average Bonchev–Trinajstić information content (AvgIpc) is 2.49. The van der Waals surface area contributed by atoms with Crippen molar-refractivity contribution in [3.05, 3.63) is 23.8 Å². The Hall–Kier alpha value is -1.55. The Kier molecular flexibility index (Phi) is 3.87. The number of nitrogens with two attached hydrogens (primary N) is 1. The van der Waals surface area contributed by atoms with E-state index in [9.17, 15) is 4.79 Å². The van der Waals surface area contributed by atoms with E-state index in [1.54, 1.807) is 0 Å². The molecule has 1 heterocycles. The zero-order chi connectivity index (χ0) is 13.1. The van der Waals surface area contributed by atoms with Crippen LogP contribution in [0.2, 0.25) is 0 Å². The number of carbonyl (C=O) groups is 1. The SMILES string of the molecule is CC(C)C(CN)c1ccc2c(c1)NC(=O)CCO2. The maximum Gasteiger partial charge on any atom is 0.227 e. The van der Waals surface area contributed by atoms with Crippen LogP contribution in [-0.4, -0.2) is 19.1 Å². The number of hydrogen-bond acceptors (Lipinski definition) is 3. The normalized spacial score (nSPS) is 16.6. The summed E-state index contributed by atoms with van der Waals surface area (Å²) in [6, 6.07) is 5.94. The van der Waals surface area contributed by atoms with Crippen LogP contribution in [0.3, 0.4) is 0 Å². The number of carbonyl (C=O) groups excluding carboxylic acids is 1. The molecule has 2 rings (SSSR count). The van der Waals surface area contributed by atoms with E-state index < -0.39 is 0 Å². The van der Waals surface area contributed by atoms with Crippen LogP contribution in [0.5, 0.6) is 5.75 Å². The van der Waals surface area contributed by atoms with Gasteiger partial charge in [0.15, 0.2) is 0 Å². The second kappa shape index (κ2) is 5.40. The van der Waals surface area contributed by atoms with Crippen molar-refractivity contribution in [2.45, 2.75) is 26.2 Å². The van der Waals surface area contributed by atoms with E-state index in [2.05, 4.69) is 19.2 Å². The summed E-state index contributed by atoms with van der Waals surface area (Å²) in [6.45, 7) is 5.34. The third-order valence-corrected chi connectivity index (χ3v) is 3.35. The van der Waals surface area contributed by atoms with Crippen molar-refractivity contribution in [2.24, 2.45) is 11.7 Å². The lowest BCUT2D eigenvalue weighted by molar-refractivity contribution is -0.116. The van der Waals surface area contributed by atoms with Crippen molar-refractivity contribution >= 4 is 11.6 Å². The molecule has 0 bridgehead atoms. The molecule has 18 heavy (non-hydrogen) atoms. The topological polar surface area (TPSA) is 64.3 Å². The van der Waals surface area contributed by atoms with E-state index in [1.807, 2.05) is 18.2 Å². The molecule has 0 radical (unpaired) electrons. The van der Waals surface area contributed by atoms with Gasteiger partial charge in [-0.3, -0.25) is 4.79 Å². The maximum atomic E-state index is 11.5. The first kappa shape index (κ1) is 12.9. The lowest BCUT2D eigenvalue weighted by atomic mass is 9.88. The van der Waals surface area contributed by atoms with Crippen molar-refractivity contribution < 1.29 is 9.53 Å². The molecule has 98 valence electrons. The van der Waals surface area contributed by atoms with E-state index in [4.69, 9.17) is 10.5 Å². The van der Waals surface area contributed by atoms with Crippen molar-refractivity contribution in [2.75, 3.05) is 18.5 Å². The largest absolute Gasteiger partial charge is 0.491 e. The Morgan fingerprint density at radius 3 is 2.89 bits per heavy atom. The van der Waals surface area contributed by atoms with Crippen molar-refractivity contribution in [1.82, 2.24) is 0 Å². The Morgan fingerprint density at radius 1 is 1.44 bits per heavy atom. The van der Waals surface area contributed by atoms with Gasteiger partial charge in [-0.2, -0.15) is 0 Å². The monoisotopic (exact) mass is 248 g/mol. The van der Waals surface area contributed by atoms with E-state index in [0.29, 0.717) is 31.4 Å². The zero-order valence-corrected chi connectivity index (χ0v) is 10.9.